The molecule has 3 rings (SSSR count). The molecule has 7 heteroatoms. The van der Waals surface area contributed by atoms with Crippen LogP contribution in [-0.2, 0) is 14.4 Å². The second-order valence-electron chi connectivity index (χ2n) is 6.77. The van der Waals surface area contributed by atoms with E-state index in [9.17, 15) is 23.9 Å². The number of carboxylic acid groups (broad SMARTS) is 1. The molecule has 2 unspecified atom stereocenters. The molecule has 1 aromatic rings. The molecule has 2 saturated heterocycles. The predicted octanol–water partition coefficient (Wildman–Crippen LogP) is 1.67. The molecule has 2 fully saturated rings. The van der Waals surface area contributed by atoms with E-state index in [4.69, 9.17) is 0 Å². The topological polar surface area (TPSA) is 77.9 Å². The molecular formula is C18H21FN2O4. The van der Waals surface area contributed by atoms with Crippen molar-refractivity contribution in [2.45, 2.75) is 25.3 Å². The number of carbonyl (C=O) groups is 3. The van der Waals surface area contributed by atoms with Gasteiger partial charge < -0.3 is 14.9 Å². The van der Waals surface area contributed by atoms with Gasteiger partial charge in [0.2, 0.25) is 11.8 Å². The first-order valence-electron chi connectivity index (χ1n) is 8.41. The van der Waals surface area contributed by atoms with E-state index in [1.807, 2.05) is 0 Å². The highest BCUT2D eigenvalue weighted by molar-refractivity contribution is 5.90. The molecule has 2 aliphatic heterocycles. The number of benzene rings is 1. The van der Waals surface area contributed by atoms with Gasteiger partial charge in [-0.15, -0.1) is 0 Å². The summed E-state index contributed by atoms with van der Waals surface area (Å²) in [5, 5.41) is 9.21. The molecule has 2 aliphatic rings. The highest BCUT2D eigenvalue weighted by Crippen LogP contribution is 2.38. The summed E-state index contributed by atoms with van der Waals surface area (Å²) in [4.78, 5) is 39.5. The Balaban J connectivity index is 1.83. The van der Waals surface area contributed by atoms with Crippen LogP contribution in [0.25, 0.3) is 0 Å². The van der Waals surface area contributed by atoms with Crippen molar-refractivity contribution >= 4 is 17.8 Å². The van der Waals surface area contributed by atoms with Gasteiger partial charge in [-0.2, -0.15) is 0 Å². The van der Waals surface area contributed by atoms with Gasteiger partial charge in [0.25, 0.3) is 0 Å². The number of carboxylic acids is 1. The highest BCUT2D eigenvalue weighted by atomic mass is 19.1. The van der Waals surface area contributed by atoms with Crippen LogP contribution in [0.4, 0.5) is 4.39 Å². The van der Waals surface area contributed by atoms with E-state index in [2.05, 4.69) is 0 Å². The number of piperidine rings is 1. The van der Waals surface area contributed by atoms with E-state index in [0.717, 1.165) is 0 Å². The molecule has 2 heterocycles. The average molecular weight is 348 g/mol. The lowest BCUT2D eigenvalue weighted by molar-refractivity contribution is -0.147. The van der Waals surface area contributed by atoms with Gasteiger partial charge in [0.05, 0.1) is 17.9 Å². The monoisotopic (exact) mass is 348 g/mol. The van der Waals surface area contributed by atoms with Gasteiger partial charge in [0.15, 0.2) is 0 Å². The third-order valence-electron chi connectivity index (χ3n) is 5.20. The lowest BCUT2D eigenvalue weighted by Gasteiger charge is -2.34. The number of likely N-dealkylation sites (tertiary alicyclic amines) is 2. The third-order valence-corrected chi connectivity index (χ3v) is 5.20. The van der Waals surface area contributed by atoms with E-state index in [1.54, 1.807) is 24.1 Å². The molecule has 0 spiro atoms. The van der Waals surface area contributed by atoms with E-state index >= 15 is 0 Å². The number of amides is 2. The minimum atomic E-state index is -0.896. The lowest BCUT2D eigenvalue weighted by atomic mass is 9.90. The number of hydrogen-bond acceptors (Lipinski definition) is 3. The van der Waals surface area contributed by atoms with Crippen LogP contribution in [0.2, 0.25) is 0 Å². The molecule has 6 nitrogen and oxygen atoms in total. The van der Waals surface area contributed by atoms with E-state index in [-0.39, 0.29) is 30.6 Å². The van der Waals surface area contributed by atoms with Crippen LogP contribution in [0.5, 0.6) is 0 Å². The molecule has 25 heavy (non-hydrogen) atoms. The summed E-state index contributed by atoms with van der Waals surface area (Å²) in [6, 6.07) is 5.35. The molecule has 0 saturated carbocycles. The Bertz CT molecular complexity index is 691. The standard InChI is InChI=1S/C18H21FN2O4/c1-20-15(22)9-14(16(20)11-4-6-13(19)7-5-11)17(23)21-8-2-3-12(10-21)18(24)25/h4-7,12,14,16H,2-3,8-10H2,1H3,(H,24,25)/t12-,14?,16?/m0/s1. The number of nitrogens with zero attached hydrogens (tertiary/aromatic N) is 2. The predicted molar refractivity (Wildman–Crippen MR) is 87.0 cm³/mol. The molecule has 0 bridgehead atoms. The maximum absolute atomic E-state index is 13.2. The summed E-state index contributed by atoms with van der Waals surface area (Å²) in [5.41, 5.74) is 0.708. The molecule has 3 atom stereocenters. The first kappa shape index (κ1) is 17.4. The zero-order valence-corrected chi connectivity index (χ0v) is 14.0. The van der Waals surface area contributed by atoms with Crippen LogP contribution in [0.1, 0.15) is 30.9 Å². The molecule has 2 amide bonds. The Morgan fingerprint density at radius 2 is 1.92 bits per heavy atom. The largest absolute Gasteiger partial charge is 0.481 e. The quantitative estimate of drug-likeness (QED) is 0.901. The van der Waals surface area contributed by atoms with Crippen molar-refractivity contribution in [2.24, 2.45) is 11.8 Å². The van der Waals surface area contributed by atoms with Crippen molar-refractivity contribution in [1.29, 1.82) is 0 Å². The Hall–Kier alpha value is -2.44. The first-order valence-corrected chi connectivity index (χ1v) is 8.41. The van der Waals surface area contributed by atoms with Crippen molar-refractivity contribution in [3.63, 3.8) is 0 Å². The normalized spacial score (nSPS) is 26.8. The average Bonchev–Trinajstić information content (AvgIpc) is 2.90. The number of rotatable bonds is 3. The fourth-order valence-corrected chi connectivity index (χ4v) is 3.82. The van der Waals surface area contributed by atoms with Gasteiger partial charge in [0.1, 0.15) is 5.82 Å². The number of carbonyl (C=O) groups excluding carboxylic acids is 2. The summed E-state index contributed by atoms with van der Waals surface area (Å²) in [6.45, 7) is 0.686. The Morgan fingerprint density at radius 3 is 2.56 bits per heavy atom. The van der Waals surface area contributed by atoms with Crippen molar-refractivity contribution in [2.75, 3.05) is 20.1 Å². The summed E-state index contributed by atoms with van der Waals surface area (Å²) >= 11 is 0. The molecular weight excluding hydrogens is 327 g/mol. The van der Waals surface area contributed by atoms with Crippen LogP contribution in [0.3, 0.4) is 0 Å². The summed E-state index contributed by atoms with van der Waals surface area (Å²) < 4.78 is 13.2. The van der Waals surface area contributed by atoms with E-state index in [1.165, 1.54) is 17.0 Å². The van der Waals surface area contributed by atoms with E-state index in [0.29, 0.717) is 24.9 Å². The van der Waals surface area contributed by atoms with Gasteiger partial charge in [-0.1, -0.05) is 12.1 Å². The zero-order valence-electron chi connectivity index (χ0n) is 14.0. The van der Waals surface area contributed by atoms with Crippen LogP contribution in [-0.4, -0.2) is 52.8 Å². The minimum Gasteiger partial charge on any atom is -0.481 e. The Labute approximate surface area is 145 Å². The van der Waals surface area contributed by atoms with Crippen molar-refractivity contribution in [3.05, 3.63) is 35.6 Å². The molecule has 134 valence electrons. The second kappa shape index (κ2) is 6.82. The Morgan fingerprint density at radius 1 is 1.24 bits per heavy atom. The van der Waals surface area contributed by atoms with Gasteiger partial charge in [-0.3, -0.25) is 14.4 Å². The van der Waals surface area contributed by atoms with Crippen LogP contribution in [0, 0.1) is 17.7 Å². The van der Waals surface area contributed by atoms with Gasteiger partial charge in [0, 0.05) is 26.6 Å². The van der Waals surface area contributed by atoms with Crippen LogP contribution >= 0.6 is 0 Å². The number of hydrogen-bond donors (Lipinski definition) is 1. The van der Waals surface area contributed by atoms with Crippen molar-refractivity contribution < 1.29 is 23.9 Å². The van der Waals surface area contributed by atoms with E-state index < -0.39 is 23.8 Å². The minimum absolute atomic E-state index is 0.0889. The van der Waals surface area contributed by atoms with Crippen molar-refractivity contribution in [1.82, 2.24) is 9.80 Å². The summed E-state index contributed by atoms with van der Waals surface area (Å²) in [7, 11) is 1.64. The first-order chi connectivity index (χ1) is 11.9. The Kier molecular flexibility index (Phi) is 4.74. The van der Waals surface area contributed by atoms with Gasteiger partial charge >= 0.3 is 5.97 Å². The zero-order chi connectivity index (χ0) is 18.1. The number of aliphatic carboxylic acids is 1. The molecule has 0 radical (unpaired) electrons. The molecule has 0 aliphatic carbocycles. The van der Waals surface area contributed by atoms with Gasteiger partial charge in [-0.25, -0.2) is 4.39 Å². The maximum atomic E-state index is 13.2. The summed E-state index contributed by atoms with van der Waals surface area (Å²) in [6.07, 6.45) is 1.29. The van der Waals surface area contributed by atoms with Crippen molar-refractivity contribution in [3.8, 4) is 0 Å². The fraction of sp³-hybridized carbons (Fsp3) is 0.500. The summed E-state index contributed by atoms with van der Waals surface area (Å²) in [5.74, 6) is -2.74. The van der Waals surface area contributed by atoms with Gasteiger partial charge in [-0.05, 0) is 30.5 Å². The fourth-order valence-electron chi connectivity index (χ4n) is 3.82. The maximum Gasteiger partial charge on any atom is 0.308 e. The smallest absolute Gasteiger partial charge is 0.308 e. The lowest BCUT2D eigenvalue weighted by Crippen LogP contribution is -2.45. The molecule has 0 aromatic heterocycles. The highest BCUT2D eigenvalue weighted by Gasteiger charge is 2.45. The third kappa shape index (κ3) is 3.36. The number of halogens is 1. The molecule has 1 N–H and O–H groups in total. The SMILES string of the molecule is CN1C(=O)CC(C(=O)N2CCC[C@H](C(=O)O)C2)C1c1ccc(F)cc1. The second-order valence-corrected chi connectivity index (χ2v) is 6.77. The van der Waals surface area contributed by atoms with Crippen LogP contribution < -0.4 is 0 Å². The molecule has 1 aromatic carbocycles. The van der Waals surface area contributed by atoms with Crippen LogP contribution in [0.15, 0.2) is 24.3 Å².